The van der Waals surface area contributed by atoms with Gasteiger partial charge in [-0.25, -0.2) is 0 Å². The number of unbranched alkanes of at least 4 members (excludes halogenated alkanes) is 2. The van der Waals surface area contributed by atoms with Crippen molar-refractivity contribution in [3.63, 3.8) is 0 Å². The Hall–Kier alpha value is -2.21. The second kappa shape index (κ2) is 8.66. The predicted molar refractivity (Wildman–Crippen MR) is 111 cm³/mol. The molecule has 1 atom stereocenters. The lowest BCUT2D eigenvalue weighted by Crippen LogP contribution is -2.52. The van der Waals surface area contributed by atoms with Crippen LogP contribution in [0.4, 0.5) is 0 Å². The van der Waals surface area contributed by atoms with E-state index in [1.165, 1.54) is 24.2 Å². The molecule has 6 nitrogen and oxygen atoms in total. The molecule has 1 N–H and O–H groups in total. The van der Waals surface area contributed by atoms with E-state index in [0.29, 0.717) is 24.1 Å². The molecule has 3 aliphatic heterocycles. The topological polar surface area (TPSA) is 69.7 Å². The molecule has 2 fully saturated rings. The van der Waals surface area contributed by atoms with Crippen LogP contribution in [0.25, 0.3) is 0 Å². The van der Waals surface area contributed by atoms with E-state index < -0.39 is 0 Å². The van der Waals surface area contributed by atoms with Gasteiger partial charge in [0.1, 0.15) is 0 Å². The Kier molecular flexibility index (Phi) is 5.99. The third kappa shape index (κ3) is 4.22. The molecular weight excluding hydrogens is 366 g/mol. The van der Waals surface area contributed by atoms with Crippen molar-refractivity contribution in [2.75, 3.05) is 32.7 Å². The summed E-state index contributed by atoms with van der Waals surface area (Å²) in [5.74, 6) is -0.127. The summed E-state index contributed by atoms with van der Waals surface area (Å²) in [6, 6.07) is 6.99. The molecule has 0 saturated carbocycles. The summed E-state index contributed by atoms with van der Waals surface area (Å²) in [7, 11) is 0. The fraction of sp³-hybridized carbons (Fsp3) is 0.609. The van der Waals surface area contributed by atoms with Crippen LogP contribution in [0.5, 0.6) is 0 Å². The number of nitrogens with zero attached hydrogens (tertiary/aromatic N) is 2. The predicted octanol–water partition coefficient (Wildman–Crippen LogP) is 2.84. The number of benzene rings is 1. The molecule has 1 aromatic rings. The van der Waals surface area contributed by atoms with Crippen LogP contribution in [0.2, 0.25) is 0 Å². The van der Waals surface area contributed by atoms with Gasteiger partial charge in [-0.2, -0.15) is 0 Å². The van der Waals surface area contributed by atoms with Crippen LogP contribution in [0.15, 0.2) is 24.3 Å². The third-order valence-electron chi connectivity index (χ3n) is 6.73. The molecule has 3 heterocycles. The van der Waals surface area contributed by atoms with Gasteiger partial charge in [-0.1, -0.05) is 18.6 Å². The Morgan fingerprint density at radius 2 is 1.72 bits per heavy atom. The maximum Gasteiger partial charge on any atom is 0.261 e. The fourth-order valence-electron chi connectivity index (χ4n) is 5.12. The number of amides is 3. The van der Waals surface area contributed by atoms with Gasteiger partial charge in [-0.15, -0.1) is 0 Å². The Morgan fingerprint density at radius 1 is 1.00 bits per heavy atom. The Labute approximate surface area is 172 Å². The smallest absolute Gasteiger partial charge is 0.261 e. The minimum absolute atomic E-state index is 0.193. The molecule has 29 heavy (non-hydrogen) atoms. The number of hydrogen-bond donors (Lipinski definition) is 1. The SMILES string of the molecule is O=C(CCCCCN1C(=O)c2ccccc2C1=O)N1CCCC2(CCCNC2)C1. The average molecular weight is 398 g/mol. The van der Waals surface area contributed by atoms with Crippen LogP contribution < -0.4 is 5.32 Å². The van der Waals surface area contributed by atoms with Crippen LogP contribution in [-0.4, -0.2) is 60.2 Å². The first-order valence-corrected chi connectivity index (χ1v) is 11.0. The van der Waals surface area contributed by atoms with Crippen molar-refractivity contribution in [3.8, 4) is 0 Å². The molecule has 0 aliphatic carbocycles. The van der Waals surface area contributed by atoms with Gasteiger partial charge >= 0.3 is 0 Å². The van der Waals surface area contributed by atoms with E-state index in [1.54, 1.807) is 24.3 Å². The van der Waals surface area contributed by atoms with E-state index in [4.69, 9.17) is 0 Å². The second-order valence-corrected chi connectivity index (χ2v) is 8.82. The van der Waals surface area contributed by atoms with Crippen molar-refractivity contribution in [2.45, 2.75) is 51.4 Å². The first-order valence-electron chi connectivity index (χ1n) is 11.0. The van der Waals surface area contributed by atoms with Gasteiger partial charge in [0.25, 0.3) is 11.8 Å². The molecule has 2 saturated heterocycles. The van der Waals surface area contributed by atoms with Gasteiger partial charge < -0.3 is 10.2 Å². The van der Waals surface area contributed by atoms with Gasteiger partial charge in [-0.05, 0) is 57.2 Å². The summed E-state index contributed by atoms with van der Waals surface area (Å²) >= 11 is 0. The lowest BCUT2D eigenvalue weighted by molar-refractivity contribution is -0.135. The van der Waals surface area contributed by atoms with Crippen LogP contribution in [0.3, 0.4) is 0 Å². The van der Waals surface area contributed by atoms with E-state index in [1.807, 2.05) is 0 Å². The maximum absolute atomic E-state index is 12.7. The fourth-order valence-corrected chi connectivity index (χ4v) is 5.12. The van der Waals surface area contributed by atoms with Gasteiger partial charge in [0.15, 0.2) is 0 Å². The summed E-state index contributed by atoms with van der Waals surface area (Å²) in [6.07, 6.45) is 7.72. The number of likely N-dealkylation sites (tertiary alicyclic amines) is 1. The van der Waals surface area contributed by atoms with E-state index in [-0.39, 0.29) is 23.1 Å². The molecular formula is C23H31N3O3. The van der Waals surface area contributed by atoms with Crippen molar-refractivity contribution in [3.05, 3.63) is 35.4 Å². The number of piperidine rings is 2. The molecule has 0 bridgehead atoms. The summed E-state index contributed by atoms with van der Waals surface area (Å²) in [6.45, 7) is 4.35. The molecule has 3 amide bonds. The lowest BCUT2D eigenvalue weighted by Gasteiger charge is -2.45. The third-order valence-corrected chi connectivity index (χ3v) is 6.73. The number of carbonyl (C=O) groups excluding carboxylic acids is 3. The molecule has 156 valence electrons. The lowest BCUT2D eigenvalue weighted by atomic mass is 9.74. The molecule has 0 radical (unpaired) electrons. The number of imide groups is 1. The zero-order valence-electron chi connectivity index (χ0n) is 17.1. The highest BCUT2D eigenvalue weighted by Gasteiger charge is 2.38. The minimum Gasteiger partial charge on any atom is -0.342 e. The highest BCUT2D eigenvalue weighted by Crippen LogP contribution is 2.36. The molecule has 1 unspecified atom stereocenters. The Morgan fingerprint density at radius 3 is 2.41 bits per heavy atom. The van der Waals surface area contributed by atoms with E-state index in [2.05, 4.69) is 10.2 Å². The monoisotopic (exact) mass is 397 g/mol. The first-order chi connectivity index (χ1) is 14.1. The van der Waals surface area contributed by atoms with Crippen molar-refractivity contribution < 1.29 is 14.4 Å². The normalized spacial score (nSPS) is 24.3. The standard InChI is InChI=1S/C23H31N3O3/c27-20(25-14-7-12-23(17-25)11-6-13-24-16-23)10-2-1-5-15-26-21(28)18-8-3-4-9-19(18)22(26)29/h3-4,8-9,24H,1-2,5-7,10-17H2. The summed E-state index contributed by atoms with van der Waals surface area (Å²) < 4.78 is 0. The number of hydrogen-bond acceptors (Lipinski definition) is 4. The zero-order valence-corrected chi connectivity index (χ0v) is 17.1. The second-order valence-electron chi connectivity index (χ2n) is 8.82. The average Bonchev–Trinajstić information content (AvgIpc) is 2.99. The van der Waals surface area contributed by atoms with E-state index in [0.717, 1.165) is 51.9 Å². The molecule has 1 aromatic carbocycles. The summed E-state index contributed by atoms with van der Waals surface area (Å²) in [5.41, 5.74) is 1.30. The van der Waals surface area contributed by atoms with E-state index >= 15 is 0 Å². The van der Waals surface area contributed by atoms with Crippen molar-refractivity contribution in [1.29, 1.82) is 0 Å². The van der Waals surface area contributed by atoms with Crippen molar-refractivity contribution in [2.24, 2.45) is 5.41 Å². The van der Waals surface area contributed by atoms with Crippen LogP contribution in [0.1, 0.15) is 72.1 Å². The number of carbonyl (C=O) groups is 3. The quantitative estimate of drug-likeness (QED) is 0.592. The number of fused-ring (bicyclic) bond motifs is 1. The van der Waals surface area contributed by atoms with Gasteiger partial charge in [0, 0.05) is 38.0 Å². The molecule has 6 heteroatoms. The molecule has 0 aromatic heterocycles. The Balaban J connectivity index is 1.19. The van der Waals surface area contributed by atoms with Gasteiger partial charge in [-0.3, -0.25) is 19.3 Å². The summed E-state index contributed by atoms with van der Waals surface area (Å²) in [5, 5.41) is 3.51. The summed E-state index contributed by atoms with van der Waals surface area (Å²) in [4.78, 5) is 40.8. The molecule has 1 spiro atoms. The van der Waals surface area contributed by atoms with Crippen molar-refractivity contribution >= 4 is 17.7 Å². The molecule has 4 rings (SSSR count). The van der Waals surface area contributed by atoms with Gasteiger partial charge in [0.2, 0.25) is 5.91 Å². The first kappa shape index (κ1) is 20.1. The van der Waals surface area contributed by atoms with E-state index in [9.17, 15) is 14.4 Å². The Bertz CT molecular complexity index is 745. The maximum atomic E-state index is 12.7. The number of nitrogens with one attached hydrogen (secondary N) is 1. The zero-order chi connectivity index (χ0) is 20.3. The number of rotatable bonds is 6. The van der Waals surface area contributed by atoms with Gasteiger partial charge in [0.05, 0.1) is 11.1 Å². The van der Waals surface area contributed by atoms with Crippen LogP contribution in [-0.2, 0) is 4.79 Å². The highest BCUT2D eigenvalue weighted by atomic mass is 16.2. The van der Waals surface area contributed by atoms with Crippen LogP contribution in [0, 0.1) is 5.41 Å². The highest BCUT2D eigenvalue weighted by molar-refractivity contribution is 6.21. The van der Waals surface area contributed by atoms with Crippen LogP contribution >= 0.6 is 0 Å². The minimum atomic E-state index is -0.193. The molecule has 3 aliphatic rings. The van der Waals surface area contributed by atoms with Crippen molar-refractivity contribution in [1.82, 2.24) is 15.1 Å². The largest absolute Gasteiger partial charge is 0.342 e.